The highest BCUT2D eigenvalue weighted by atomic mass is 31.2. The molecule has 1 rings (SSSR count). The number of hydrogen-bond acceptors (Lipinski definition) is 8. The molecule has 1 saturated heterocycles. The smallest absolute Gasteiger partial charge is 0.348 e. The van der Waals surface area contributed by atoms with Crippen LogP contribution in [0.4, 0.5) is 0 Å². The van der Waals surface area contributed by atoms with Crippen LogP contribution in [-0.4, -0.2) is 69.0 Å². The highest BCUT2D eigenvalue weighted by molar-refractivity contribution is 7.55. The van der Waals surface area contributed by atoms with Gasteiger partial charge in [-0.15, -0.1) is 0 Å². The third-order valence-electron chi connectivity index (χ3n) is 2.56. The van der Waals surface area contributed by atoms with Crippen molar-refractivity contribution in [2.24, 2.45) is 5.90 Å². The maximum absolute atomic E-state index is 10.7. The second-order valence-corrected chi connectivity index (χ2v) is 5.59. The van der Waals surface area contributed by atoms with E-state index in [9.17, 15) is 19.9 Å². The second kappa shape index (κ2) is 7.57. The van der Waals surface area contributed by atoms with E-state index in [0.29, 0.717) is 5.82 Å². The van der Waals surface area contributed by atoms with Gasteiger partial charge in [-0.05, 0) is 6.08 Å². The first-order valence-electron chi connectivity index (χ1n) is 5.64. The molecule has 7 N–H and O–H groups in total. The summed E-state index contributed by atoms with van der Waals surface area (Å²) in [5.41, 5.74) is 0. The summed E-state index contributed by atoms with van der Waals surface area (Å²) in [5.74, 6) is 5.31. The SMILES string of the molecule is NOCCO[C@H]1O[C@H](C=CP(=O)(O)O)[C@@H](O)[C@H](O)[C@@H]1O. The highest BCUT2D eigenvalue weighted by Gasteiger charge is 2.43. The van der Waals surface area contributed by atoms with Crippen LogP contribution in [0.1, 0.15) is 0 Å². The number of hydrogen-bond donors (Lipinski definition) is 6. The van der Waals surface area contributed by atoms with Crippen molar-refractivity contribution >= 4 is 7.60 Å². The maximum Gasteiger partial charge on any atom is 0.348 e. The van der Waals surface area contributed by atoms with E-state index in [1.165, 1.54) is 0 Å². The molecule has 0 aromatic heterocycles. The van der Waals surface area contributed by atoms with Gasteiger partial charge in [-0.1, -0.05) is 0 Å². The van der Waals surface area contributed by atoms with Gasteiger partial charge in [0.25, 0.3) is 0 Å². The predicted octanol–water partition coefficient (Wildman–Crippen LogP) is -2.61. The van der Waals surface area contributed by atoms with Crippen LogP contribution in [0.15, 0.2) is 11.9 Å². The molecule has 10 nitrogen and oxygen atoms in total. The number of aliphatic hydroxyl groups excluding tert-OH is 3. The minimum Gasteiger partial charge on any atom is -0.387 e. The van der Waals surface area contributed by atoms with Gasteiger partial charge < -0.3 is 39.4 Å². The van der Waals surface area contributed by atoms with E-state index in [1.807, 2.05) is 0 Å². The molecular formula is C9H18NO9P. The minimum absolute atomic E-state index is 0.00815. The van der Waals surface area contributed by atoms with Crippen LogP contribution in [0.2, 0.25) is 0 Å². The molecule has 0 saturated carbocycles. The lowest BCUT2D eigenvalue weighted by atomic mass is 9.99. The average molecular weight is 315 g/mol. The quantitative estimate of drug-likeness (QED) is 0.173. The minimum atomic E-state index is -4.43. The summed E-state index contributed by atoms with van der Waals surface area (Å²) in [6.45, 7) is -0.0375. The van der Waals surface area contributed by atoms with Crippen molar-refractivity contribution in [3.8, 4) is 0 Å². The maximum atomic E-state index is 10.7. The zero-order valence-electron chi connectivity index (χ0n) is 10.3. The van der Waals surface area contributed by atoms with E-state index in [0.717, 1.165) is 6.08 Å². The van der Waals surface area contributed by atoms with E-state index in [2.05, 4.69) is 4.84 Å². The first kappa shape index (κ1) is 17.7. The molecule has 5 atom stereocenters. The zero-order valence-corrected chi connectivity index (χ0v) is 11.2. The molecule has 1 fully saturated rings. The van der Waals surface area contributed by atoms with Crippen molar-refractivity contribution < 1.29 is 44.0 Å². The predicted molar refractivity (Wildman–Crippen MR) is 64.0 cm³/mol. The van der Waals surface area contributed by atoms with Crippen molar-refractivity contribution in [2.45, 2.75) is 30.7 Å². The fourth-order valence-corrected chi connectivity index (χ4v) is 1.97. The number of rotatable bonds is 6. The monoisotopic (exact) mass is 315 g/mol. The van der Waals surface area contributed by atoms with Gasteiger partial charge in [0.05, 0.1) is 13.2 Å². The summed E-state index contributed by atoms with van der Waals surface area (Å²) in [6, 6.07) is 0. The Hall–Kier alpha value is -0.390. The summed E-state index contributed by atoms with van der Waals surface area (Å²) in [6.07, 6.45) is -6.32. The van der Waals surface area contributed by atoms with E-state index >= 15 is 0 Å². The van der Waals surface area contributed by atoms with Crippen LogP contribution < -0.4 is 5.90 Å². The fourth-order valence-electron chi connectivity index (χ4n) is 1.58. The molecule has 0 spiro atoms. The Bertz CT molecular complexity index is 372. The second-order valence-electron chi connectivity index (χ2n) is 4.11. The van der Waals surface area contributed by atoms with Crippen molar-refractivity contribution in [3.63, 3.8) is 0 Å². The molecule has 11 heteroatoms. The molecule has 1 heterocycles. The molecule has 1 aliphatic heterocycles. The molecule has 0 radical (unpaired) electrons. The van der Waals surface area contributed by atoms with Crippen molar-refractivity contribution in [3.05, 3.63) is 11.9 Å². The van der Waals surface area contributed by atoms with E-state index < -0.39 is 38.3 Å². The van der Waals surface area contributed by atoms with Crippen LogP contribution >= 0.6 is 7.60 Å². The summed E-state index contributed by atoms with van der Waals surface area (Å²) >= 11 is 0. The van der Waals surface area contributed by atoms with Gasteiger partial charge >= 0.3 is 7.60 Å². The van der Waals surface area contributed by atoms with E-state index in [-0.39, 0.29) is 13.2 Å². The Morgan fingerprint density at radius 3 is 2.35 bits per heavy atom. The summed E-state index contributed by atoms with van der Waals surface area (Å²) in [7, 11) is -4.43. The molecule has 0 bridgehead atoms. The number of ether oxygens (including phenoxy) is 2. The van der Waals surface area contributed by atoms with Crippen LogP contribution in [0.3, 0.4) is 0 Å². The average Bonchev–Trinajstić information content (AvgIpc) is 2.36. The number of nitrogens with two attached hydrogens (primary N) is 1. The molecule has 1 aliphatic rings. The highest BCUT2D eigenvalue weighted by Crippen LogP contribution is 2.37. The first-order valence-corrected chi connectivity index (χ1v) is 7.32. The Morgan fingerprint density at radius 2 is 1.80 bits per heavy atom. The zero-order chi connectivity index (χ0) is 15.3. The summed E-state index contributed by atoms with van der Waals surface area (Å²) in [4.78, 5) is 21.7. The molecule has 0 amide bonds. The molecule has 0 aromatic rings. The van der Waals surface area contributed by atoms with E-state index in [4.69, 9.17) is 25.2 Å². The van der Waals surface area contributed by atoms with Crippen molar-refractivity contribution in [1.82, 2.24) is 0 Å². The lowest BCUT2D eigenvalue weighted by Gasteiger charge is -2.39. The van der Waals surface area contributed by atoms with Gasteiger partial charge in [0.2, 0.25) is 0 Å². The molecule has 0 aromatic carbocycles. The van der Waals surface area contributed by atoms with E-state index in [1.54, 1.807) is 0 Å². The van der Waals surface area contributed by atoms with Gasteiger partial charge in [0.15, 0.2) is 6.29 Å². The molecule has 0 aliphatic carbocycles. The van der Waals surface area contributed by atoms with Crippen LogP contribution in [-0.2, 0) is 18.9 Å². The van der Waals surface area contributed by atoms with Crippen molar-refractivity contribution in [2.75, 3.05) is 13.2 Å². The van der Waals surface area contributed by atoms with Crippen LogP contribution in [0, 0.1) is 0 Å². The molecule has 0 unspecified atom stereocenters. The lowest BCUT2D eigenvalue weighted by Crippen LogP contribution is -2.57. The normalized spacial score (nSPS) is 35.6. The third-order valence-corrected chi connectivity index (χ3v) is 3.12. The van der Waals surface area contributed by atoms with Crippen molar-refractivity contribution in [1.29, 1.82) is 0 Å². The van der Waals surface area contributed by atoms with Gasteiger partial charge in [0, 0.05) is 5.82 Å². The molecular weight excluding hydrogens is 297 g/mol. The molecule has 118 valence electrons. The third kappa shape index (κ3) is 5.19. The number of aliphatic hydroxyl groups is 3. The van der Waals surface area contributed by atoms with Crippen LogP contribution in [0.25, 0.3) is 0 Å². The summed E-state index contributed by atoms with van der Waals surface area (Å²) < 4.78 is 20.9. The largest absolute Gasteiger partial charge is 0.387 e. The first-order chi connectivity index (χ1) is 9.26. The van der Waals surface area contributed by atoms with Crippen LogP contribution in [0.5, 0.6) is 0 Å². The Kier molecular flexibility index (Phi) is 6.69. The van der Waals surface area contributed by atoms with Gasteiger partial charge in [-0.2, -0.15) is 0 Å². The van der Waals surface area contributed by atoms with Gasteiger partial charge in [-0.25, -0.2) is 5.90 Å². The van der Waals surface area contributed by atoms with Gasteiger partial charge in [0.1, 0.15) is 24.4 Å². The summed E-state index contributed by atoms with van der Waals surface area (Å²) in [5, 5.41) is 28.9. The van der Waals surface area contributed by atoms with Gasteiger partial charge in [-0.3, -0.25) is 4.57 Å². The topological polar surface area (TPSA) is 172 Å². The Morgan fingerprint density at radius 1 is 1.15 bits per heavy atom. The Labute approximate surface area is 114 Å². The lowest BCUT2D eigenvalue weighted by molar-refractivity contribution is -0.289. The Balaban J connectivity index is 2.70. The fraction of sp³-hybridized carbons (Fsp3) is 0.778. The molecule has 20 heavy (non-hydrogen) atoms. The standard InChI is InChI=1S/C9H18NO9P/c10-18-3-2-17-9-8(13)7(12)6(11)5(19-9)1-4-20(14,15)16/h1,4-9,11-13H,2-3,10H2,(H2,14,15,16)/t5-,6-,7+,8+,9+/m1/s1.